The lowest BCUT2D eigenvalue weighted by Crippen LogP contribution is -2.57. The molecule has 5 heteroatoms. The van der Waals surface area contributed by atoms with Crippen molar-refractivity contribution < 1.29 is 9.59 Å². The Morgan fingerprint density at radius 1 is 1.11 bits per heavy atom. The van der Waals surface area contributed by atoms with Gasteiger partial charge in [0.15, 0.2) is 0 Å². The van der Waals surface area contributed by atoms with Crippen molar-refractivity contribution >= 4 is 17.9 Å². The molecule has 1 atom stereocenters. The summed E-state index contributed by atoms with van der Waals surface area (Å²) in [5, 5.41) is 2.99. The lowest BCUT2D eigenvalue weighted by atomic mass is 9.95. The summed E-state index contributed by atoms with van der Waals surface area (Å²) in [6, 6.07) is 9.77. The third kappa shape index (κ3) is 5.32. The monoisotopic (exact) mass is 381 g/mol. The van der Waals surface area contributed by atoms with Gasteiger partial charge in [0, 0.05) is 38.8 Å². The number of hydrogen-bond donors (Lipinski definition) is 1. The number of rotatable bonds is 7. The van der Waals surface area contributed by atoms with Crippen molar-refractivity contribution in [2.75, 3.05) is 32.7 Å². The molecule has 1 aromatic rings. The maximum atomic E-state index is 12.8. The first kappa shape index (κ1) is 20.3. The van der Waals surface area contributed by atoms with Gasteiger partial charge in [-0.15, -0.1) is 6.58 Å². The van der Waals surface area contributed by atoms with Crippen molar-refractivity contribution in [3.8, 4) is 0 Å². The van der Waals surface area contributed by atoms with Gasteiger partial charge in [0.2, 0.25) is 11.8 Å². The zero-order valence-corrected chi connectivity index (χ0v) is 16.6. The zero-order valence-electron chi connectivity index (χ0n) is 16.6. The van der Waals surface area contributed by atoms with Crippen LogP contribution in [0.25, 0.3) is 6.08 Å². The van der Waals surface area contributed by atoms with Crippen molar-refractivity contribution in [1.29, 1.82) is 0 Å². The Bertz CT molecular complexity index is 687. The molecule has 1 aliphatic heterocycles. The van der Waals surface area contributed by atoms with Crippen molar-refractivity contribution in [2.45, 2.75) is 31.7 Å². The van der Waals surface area contributed by atoms with Gasteiger partial charge in [-0.3, -0.25) is 14.5 Å². The van der Waals surface area contributed by atoms with Gasteiger partial charge in [-0.25, -0.2) is 0 Å². The van der Waals surface area contributed by atoms with E-state index in [1.807, 2.05) is 41.3 Å². The van der Waals surface area contributed by atoms with Crippen LogP contribution in [0, 0.1) is 5.92 Å². The molecule has 2 fully saturated rings. The van der Waals surface area contributed by atoms with Gasteiger partial charge in [0.25, 0.3) is 0 Å². The third-order valence-electron chi connectivity index (χ3n) is 5.77. The van der Waals surface area contributed by atoms with Crippen LogP contribution in [-0.4, -0.2) is 60.4 Å². The molecule has 1 saturated heterocycles. The quantitative estimate of drug-likeness (QED) is 0.584. The van der Waals surface area contributed by atoms with Crippen LogP contribution in [0.4, 0.5) is 0 Å². The molecule has 0 bridgehead atoms. The molecular formula is C23H31N3O2. The van der Waals surface area contributed by atoms with E-state index in [1.54, 1.807) is 12.2 Å². The Kier molecular flexibility index (Phi) is 7.43. The minimum atomic E-state index is -0.0837. The van der Waals surface area contributed by atoms with Crippen LogP contribution in [-0.2, 0) is 9.59 Å². The molecule has 1 aromatic carbocycles. The van der Waals surface area contributed by atoms with Crippen LogP contribution in [0.3, 0.4) is 0 Å². The van der Waals surface area contributed by atoms with Crippen LogP contribution >= 0.6 is 0 Å². The van der Waals surface area contributed by atoms with Crippen molar-refractivity contribution in [2.24, 2.45) is 5.92 Å². The number of amides is 2. The molecule has 5 nitrogen and oxygen atoms in total. The van der Waals surface area contributed by atoms with Crippen LogP contribution < -0.4 is 5.32 Å². The van der Waals surface area contributed by atoms with Gasteiger partial charge in [0.1, 0.15) is 0 Å². The van der Waals surface area contributed by atoms with Gasteiger partial charge in [-0.1, -0.05) is 49.2 Å². The number of benzene rings is 1. The first-order valence-corrected chi connectivity index (χ1v) is 10.3. The Hall–Kier alpha value is -2.40. The molecule has 1 aliphatic carbocycles. The molecule has 0 aromatic heterocycles. The zero-order chi connectivity index (χ0) is 19.8. The highest BCUT2D eigenvalue weighted by Gasteiger charge is 2.36. The highest BCUT2D eigenvalue weighted by Crippen LogP contribution is 2.31. The summed E-state index contributed by atoms with van der Waals surface area (Å²) < 4.78 is 0. The molecule has 150 valence electrons. The fourth-order valence-corrected chi connectivity index (χ4v) is 4.29. The Morgan fingerprint density at radius 3 is 2.43 bits per heavy atom. The molecule has 2 amide bonds. The van der Waals surface area contributed by atoms with Gasteiger partial charge < -0.3 is 10.2 Å². The van der Waals surface area contributed by atoms with E-state index < -0.39 is 0 Å². The van der Waals surface area contributed by atoms with Crippen molar-refractivity contribution in [3.63, 3.8) is 0 Å². The highest BCUT2D eigenvalue weighted by atomic mass is 16.2. The van der Waals surface area contributed by atoms with E-state index in [0.717, 1.165) is 31.5 Å². The van der Waals surface area contributed by atoms with Crippen molar-refractivity contribution in [3.05, 3.63) is 54.6 Å². The summed E-state index contributed by atoms with van der Waals surface area (Å²) in [5.74, 6) is 0.567. The average molecular weight is 382 g/mol. The average Bonchev–Trinajstić information content (AvgIpc) is 3.26. The second kappa shape index (κ2) is 10.2. The second-order valence-corrected chi connectivity index (χ2v) is 7.63. The minimum absolute atomic E-state index is 0.0389. The molecular weight excluding hydrogens is 350 g/mol. The molecule has 1 unspecified atom stereocenters. The van der Waals surface area contributed by atoms with Crippen LogP contribution in [0.15, 0.2) is 49.1 Å². The summed E-state index contributed by atoms with van der Waals surface area (Å²) >= 11 is 0. The van der Waals surface area contributed by atoms with Crippen molar-refractivity contribution in [1.82, 2.24) is 15.1 Å². The normalized spacial score (nSPS) is 19.6. The summed E-state index contributed by atoms with van der Waals surface area (Å²) in [7, 11) is 0. The van der Waals surface area contributed by atoms with E-state index >= 15 is 0 Å². The highest BCUT2D eigenvalue weighted by molar-refractivity contribution is 5.91. The topological polar surface area (TPSA) is 52.7 Å². The number of piperazine rings is 1. The predicted octanol–water partition coefficient (Wildman–Crippen LogP) is 2.71. The number of nitrogens with zero attached hydrogens (tertiary/aromatic N) is 2. The number of hydrogen-bond acceptors (Lipinski definition) is 3. The fourth-order valence-electron chi connectivity index (χ4n) is 4.29. The van der Waals surface area contributed by atoms with Gasteiger partial charge in [0.05, 0.1) is 6.04 Å². The fraction of sp³-hybridized carbons (Fsp3) is 0.478. The van der Waals surface area contributed by atoms with E-state index in [0.29, 0.717) is 25.6 Å². The standard InChI is InChI=1S/C23H31N3O2/c1-2-14-24-23(28)22(20-10-6-7-11-20)26-17-15-25(16-18-26)21(27)13-12-19-8-4-3-5-9-19/h2-5,8-9,12-13,20,22H,1,6-7,10-11,14-18H2,(H,24,28)/b13-12+. The maximum absolute atomic E-state index is 12.8. The molecule has 1 N–H and O–H groups in total. The number of carbonyl (C=O) groups excluding carboxylic acids is 2. The molecule has 0 spiro atoms. The lowest BCUT2D eigenvalue weighted by Gasteiger charge is -2.40. The van der Waals surface area contributed by atoms with Crippen LogP contribution in [0.1, 0.15) is 31.2 Å². The SMILES string of the molecule is C=CCNC(=O)C(C1CCCC1)N1CCN(C(=O)/C=C/c2ccccc2)CC1. The Labute approximate surface area is 168 Å². The predicted molar refractivity (Wildman–Crippen MR) is 113 cm³/mol. The van der Waals surface area contributed by atoms with Crippen LogP contribution in [0.2, 0.25) is 0 Å². The first-order valence-electron chi connectivity index (χ1n) is 10.3. The number of nitrogens with one attached hydrogen (secondary N) is 1. The molecule has 2 aliphatic rings. The lowest BCUT2D eigenvalue weighted by molar-refractivity contribution is -0.132. The molecule has 28 heavy (non-hydrogen) atoms. The van der Waals surface area contributed by atoms with Gasteiger partial charge >= 0.3 is 0 Å². The summed E-state index contributed by atoms with van der Waals surface area (Å²) in [5.41, 5.74) is 1.02. The van der Waals surface area contributed by atoms with E-state index in [2.05, 4.69) is 16.8 Å². The molecule has 3 rings (SSSR count). The number of carbonyl (C=O) groups is 2. The third-order valence-corrected chi connectivity index (χ3v) is 5.77. The van der Waals surface area contributed by atoms with Gasteiger partial charge in [-0.05, 0) is 30.4 Å². The summed E-state index contributed by atoms with van der Waals surface area (Å²) in [6.45, 7) is 7.01. The van der Waals surface area contributed by atoms with Gasteiger partial charge in [-0.2, -0.15) is 0 Å². The van der Waals surface area contributed by atoms with E-state index in [-0.39, 0.29) is 17.9 Å². The first-order chi connectivity index (χ1) is 13.7. The van der Waals surface area contributed by atoms with E-state index in [9.17, 15) is 9.59 Å². The Balaban J connectivity index is 1.57. The van der Waals surface area contributed by atoms with Crippen LogP contribution in [0.5, 0.6) is 0 Å². The van der Waals surface area contributed by atoms with E-state index in [4.69, 9.17) is 0 Å². The molecule has 0 radical (unpaired) electrons. The smallest absolute Gasteiger partial charge is 0.246 e. The maximum Gasteiger partial charge on any atom is 0.246 e. The summed E-state index contributed by atoms with van der Waals surface area (Å²) in [4.78, 5) is 29.4. The second-order valence-electron chi connectivity index (χ2n) is 7.63. The molecule has 1 heterocycles. The largest absolute Gasteiger partial charge is 0.351 e. The Morgan fingerprint density at radius 2 is 1.79 bits per heavy atom. The minimum Gasteiger partial charge on any atom is -0.351 e. The molecule has 1 saturated carbocycles. The van der Waals surface area contributed by atoms with E-state index in [1.165, 1.54) is 12.8 Å². The summed E-state index contributed by atoms with van der Waals surface area (Å²) in [6.07, 6.45) is 9.88.